The summed E-state index contributed by atoms with van der Waals surface area (Å²) < 4.78 is 5.87. The van der Waals surface area contributed by atoms with E-state index in [2.05, 4.69) is 5.32 Å². The fourth-order valence-electron chi connectivity index (χ4n) is 4.19. The number of nitrogens with two attached hydrogens (primary N) is 1. The van der Waals surface area contributed by atoms with Crippen molar-refractivity contribution < 1.29 is 9.53 Å². The van der Waals surface area contributed by atoms with Gasteiger partial charge in [0.1, 0.15) is 5.54 Å². The van der Waals surface area contributed by atoms with Gasteiger partial charge in [-0.05, 0) is 37.5 Å². The van der Waals surface area contributed by atoms with Crippen LogP contribution in [-0.2, 0) is 9.53 Å². The fourth-order valence-corrected chi connectivity index (χ4v) is 4.31. The van der Waals surface area contributed by atoms with E-state index in [9.17, 15) is 4.79 Å². The highest BCUT2D eigenvalue weighted by atomic mass is 35.5. The summed E-state index contributed by atoms with van der Waals surface area (Å²) in [6.45, 7) is 6.80. The third-order valence-corrected chi connectivity index (χ3v) is 6.03. The summed E-state index contributed by atoms with van der Waals surface area (Å²) in [6, 6.07) is 7.40. The van der Waals surface area contributed by atoms with E-state index < -0.39 is 5.54 Å². The molecule has 1 amide bonds. The Balaban J connectivity index is 1.75. The van der Waals surface area contributed by atoms with Gasteiger partial charge in [-0.25, -0.2) is 0 Å². The third-order valence-electron chi connectivity index (χ3n) is 5.78. The molecular formula is C18H25ClN2O2. The molecule has 0 aromatic heterocycles. The van der Waals surface area contributed by atoms with Gasteiger partial charge in [0.25, 0.3) is 0 Å². The smallest absolute Gasteiger partial charge is 0.241 e. The lowest BCUT2D eigenvalue weighted by atomic mass is 9.46. The van der Waals surface area contributed by atoms with Crippen LogP contribution < -0.4 is 11.1 Å². The minimum Gasteiger partial charge on any atom is -0.377 e. The van der Waals surface area contributed by atoms with E-state index in [1.165, 1.54) is 0 Å². The molecule has 1 aromatic carbocycles. The number of amides is 1. The number of rotatable bonds is 3. The standard InChI is InChI=1S/C18H25ClN2O2/c1-11(12-6-8-13(19)9-7-12)21-16(22)18(20)14-5-4-10-23-15(14)17(18,2)3/h6-9,11,14-15H,4-5,10,20H2,1-3H3,(H,21,22). The van der Waals surface area contributed by atoms with E-state index in [0.717, 1.165) is 25.0 Å². The van der Waals surface area contributed by atoms with Crippen molar-refractivity contribution in [1.29, 1.82) is 0 Å². The van der Waals surface area contributed by atoms with Gasteiger partial charge in [-0.15, -0.1) is 0 Å². The number of hydrogen-bond donors (Lipinski definition) is 2. The Labute approximate surface area is 142 Å². The second-order valence-corrected chi connectivity index (χ2v) is 7.81. The van der Waals surface area contributed by atoms with Crippen molar-refractivity contribution in [3.63, 3.8) is 0 Å². The van der Waals surface area contributed by atoms with Crippen LogP contribution in [0.25, 0.3) is 0 Å². The van der Waals surface area contributed by atoms with Crippen LogP contribution in [0.3, 0.4) is 0 Å². The molecule has 3 N–H and O–H groups in total. The van der Waals surface area contributed by atoms with Gasteiger partial charge in [0.2, 0.25) is 5.91 Å². The Morgan fingerprint density at radius 1 is 1.39 bits per heavy atom. The first-order valence-electron chi connectivity index (χ1n) is 8.25. The molecule has 1 aliphatic carbocycles. The van der Waals surface area contributed by atoms with Gasteiger partial charge < -0.3 is 15.8 Å². The number of ether oxygens (including phenoxy) is 1. The molecule has 23 heavy (non-hydrogen) atoms. The molecule has 0 radical (unpaired) electrons. The fraction of sp³-hybridized carbons (Fsp3) is 0.611. The SMILES string of the molecule is CC(NC(=O)C1(N)C2CCCOC2C1(C)C)c1ccc(Cl)cc1. The van der Waals surface area contributed by atoms with Crippen LogP contribution in [0.1, 0.15) is 45.2 Å². The molecule has 2 fully saturated rings. The van der Waals surface area contributed by atoms with Gasteiger partial charge >= 0.3 is 0 Å². The second kappa shape index (κ2) is 5.76. The molecule has 5 heteroatoms. The molecule has 126 valence electrons. The maximum atomic E-state index is 13.0. The highest BCUT2D eigenvalue weighted by molar-refractivity contribution is 6.30. The Morgan fingerprint density at radius 3 is 2.70 bits per heavy atom. The molecule has 4 atom stereocenters. The monoisotopic (exact) mass is 336 g/mol. The highest BCUT2D eigenvalue weighted by Crippen LogP contribution is 2.57. The first kappa shape index (κ1) is 16.7. The van der Waals surface area contributed by atoms with Gasteiger partial charge in [-0.3, -0.25) is 4.79 Å². The van der Waals surface area contributed by atoms with Gasteiger partial charge in [0.05, 0.1) is 12.1 Å². The van der Waals surface area contributed by atoms with Crippen molar-refractivity contribution in [3.8, 4) is 0 Å². The lowest BCUT2D eigenvalue weighted by Crippen LogP contribution is -2.82. The average Bonchev–Trinajstić information content (AvgIpc) is 2.54. The Morgan fingerprint density at radius 2 is 2.04 bits per heavy atom. The van der Waals surface area contributed by atoms with E-state index in [1.54, 1.807) is 0 Å². The maximum Gasteiger partial charge on any atom is 0.241 e. The third kappa shape index (κ3) is 2.48. The average molecular weight is 337 g/mol. The Kier molecular flexibility index (Phi) is 4.20. The lowest BCUT2D eigenvalue weighted by Gasteiger charge is -2.65. The topological polar surface area (TPSA) is 64.4 Å². The second-order valence-electron chi connectivity index (χ2n) is 7.38. The molecule has 1 saturated carbocycles. The molecule has 3 rings (SSSR count). The molecule has 2 aliphatic rings. The number of carbonyl (C=O) groups excluding carboxylic acids is 1. The number of halogens is 1. The molecule has 1 heterocycles. The van der Waals surface area contributed by atoms with E-state index >= 15 is 0 Å². The molecule has 1 aromatic rings. The number of fused-ring (bicyclic) bond motifs is 1. The lowest BCUT2D eigenvalue weighted by molar-refractivity contribution is -0.225. The summed E-state index contributed by atoms with van der Waals surface area (Å²) in [5, 5.41) is 3.77. The molecule has 0 bridgehead atoms. The first-order valence-corrected chi connectivity index (χ1v) is 8.63. The van der Waals surface area contributed by atoms with E-state index in [1.807, 2.05) is 45.0 Å². The van der Waals surface area contributed by atoms with Gasteiger partial charge in [0.15, 0.2) is 0 Å². The van der Waals surface area contributed by atoms with E-state index in [-0.39, 0.29) is 29.4 Å². The zero-order chi connectivity index (χ0) is 16.8. The maximum absolute atomic E-state index is 13.0. The van der Waals surface area contributed by atoms with Gasteiger partial charge in [-0.2, -0.15) is 0 Å². The number of benzene rings is 1. The van der Waals surface area contributed by atoms with Crippen LogP contribution in [0.2, 0.25) is 5.02 Å². The van der Waals surface area contributed by atoms with Crippen LogP contribution in [-0.4, -0.2) is 24.2 Å². The van der Waals surface area contributed by atoms with Crippen LogP contribution in [0.15, 0.2) is 24.3 Å². The summed E-state index contributed by atoms with van der Waals surface area (Å²) in [5.41, 5.74) is 6.39. The van der Waals surface area contributed by atoms with Crippen molar-refractivity contribution in [2.45, 2.75) is 51.3 Å². The van der Waals surface area contributed by atoms with Crippen LogP contribution >= 0.6 is 11.6 Å². The first-order chi connectivity index (χ1) is 10.8. The largest absolute Gasteiger partial charge is 0.377 e. The van der Waals surface area contributed by atoms with Gasteiger partial charge in [0, 0.05) is 23.0 Å². The van der Waals surface area contributed by atoms with Crippen molar-refractivity contribution in [3.05, 3.63) is 34.9 Å². The summed E-state index contributed by atoms with van der Waals surface area (Å²) in [5.74, 6) is 0.0142. The summed E-state index contributed by atoms with van der Waals surface area (Å²) in [4.78, 5) is 13.0. The zero-order valence-electron chi connectivity index (χ0n) is 13.9. The summed E-state index contributed by atoms with van der Waals surface area (Å²) in [7, 11) is 0. The van der Waals surface area contributed by atoms with E-state index in [4.69, 9.17) is 22.1 Å². The molecule has 1 aliphatic heterocycles. The molecular weight excluding hydrogens is 312 g/mol. The number of nitrogens with one attached hydrogen (secondary N) is 1. The van der Waals surface area contributed by atoms with Crippen molar-refractivity contribution in [2.75, 3.05) is 6.61 Å². The van der Waals surface area contributed by atoms with Crippen molar-refractivity contribution >= 4 is 17.5 Å². The molecule has 4 unspecified atom stereocenters. The Hall–Kier alpha value is -1.10. The van der Waals surface area contributed by atoms with E-state index in [0.29, 0.717) is 5.02 Å². The molecule has 0 spiro atoms. The van der Waals surface area contributed by atoms with Crippen LogP contribution in [0.4, 0.5) is 0 Å². The molecule has 1 saturated heterocycles. The van der Waals surface area contributed by atoms with Gasteiger partial charge in [-0.1, -0.05) is 37.6 Å². The molecule has 4 nitrogen and oxygen atoms in total. The van der Waals surface area contributed by atoms with Crippen LogP contribution in [0.5, 0.6) is 0 Å². The van der Waals surface area contributed by atoms with Crippen molar-refractivity contribution in [1.82, 2.24) is 5.32 Å². The summed E-state index contributed by atoms with van der Waals surface area (Å²) in [6.07, 6.45) is 2.00. The predicted molar refractivity (Wildman–Crippen MR) is 91.2 cm³/mol. The normalized spacial score (nSPS) is 33.3. The Bertz CT molecular complexity index is 602. The number of hydrogen-bond acceptors (Lipinski definition) is 3. The highest BCUT2D eigenvalue weighted by Gasteiger charge is 2.70. The quantitative estimate of drug-likeness (QED) is 0.891. The van der Waals surface area contributed by atoms with Crippen LogP contribution in [0, 0.1) is 11.3 Å². The van der Waals surface area contributed by atoms with Crippen molar-refractivity contribution in [2.24, 2.45) is 17.1 Å². The number of carbonyl (C=O) groups is 1. The zero-order valence-corrected chi connectivity index (χ0v) is 14.7. The minimum atomic E-state index is -0.876. The predicted octanol–water partition coefficient (Wildman–Crippen LogP) is 3.05. The minimum absolute atomic E-state index is 0.0813. The summed E-state index contributed by atoms with van der Waals surface area (Å²) >= 11 is 5.92.